The van der Waals surface area contributed by atoms with E-state index in [1.807, 2.05) is 39.8 Å². The molecule has 1 rings (SSSR count). The van der Waals surface area contributed by atoms with Gasteiger partial charge in [-0.2, -0.15) is 0 Å². The Kier molecular flexibility index (Phi) is 13.3. The minimum Gasteiger partial charge on any atom is -0.289 e. The van der Waals surface area contributed by atoms with Gasteiger partial charge in [0.2, 0.25) is 0 Å². The van der Waals surface area contributed by atoms with Gasteiger partial charge in [0, 0.05) is 11.1 Å². The second-order valence-electron chi connectivity index (χ2n) is 3.65. The van der Waals surface area contributed by atoms with E-state index >= 15 is 0 Å². The highest BCUT2D eigenvalue weighted by Gasteiger charge is 2.12. The quantitative estimate of drug-likeness (QED) is 0.477. The average Bonchev–Trinajstić information content (AvgIpc) is 2.49. The van der Waals surface area contributed by atoms with Gasteiger partial charge in [-0.05, 0) is 19.8 Å². The highest BCUT2D eigenvalue weighted by Crippen LogP contribution is 2.20. The van der Waals surface area contributed by atoms with Crippen LogP contribution in [0, 0.1) is 0 Å². The van der Waals surface area contributed by atoms with E-state index in [1.165, 1.54) is 5.57 Å². The van der Waals surface area contributed by atoms with Crippen molar-refractivity contribution in [2.75, 3.05) is 0 Å². The summed E-state index contributed by atoms with van der Waals surface area (Å²) >= 11 is 0. The minimum atomic E-state index is 0.0388. The lowest BCUT2D eigenvalue weighted by atomic mass is 9.93. The van der Waals surface area contributed by atoms with E-state index in [2.05, 4.69) is 20.1 Å². The van der Waals surface area contributed by atoms with Crippen molar-refractivity contribution in [2.45, 2.75) is 47.5 Å². The minimum absolute atomic E-state index is 0.0388. The van der Waals surface area contributed by atoms with Gasteiger partial charge in [-0.3, -0.25) is 4.79 Å². The van der Waals surface area contributed by atoms with Gasteiger partial charge in [-0.15, -0.1) is 0 Å². The van der Waals surface area contributed by atoms with Crippen LogP contribution in [-0.4, -0.2) is 5.78 Å². The SMILES string of the molecule is C=C/C=C\C(=C)C(=O)C1=CC=C(C)CC1.CC.CC. The first-order valence-corrected chi connectivity index (χ1v) is 7.04. The lowest BCUT2D eigenvalue weighted by Gasteiger charge is -2.10. The summed E-state index contributed by atoms with van der Waals surface area (Å²) in [4.78, 5) is 11.8. The summed E-state index contributed by atoms with van der Waals surface area (Å²) in [7, 11) is 0. The molecule has 0 heterocycles. The molecule has 0 aromatic rings. The van der Waals surface area contributed by atoms with Crippen LogP contribution in [0.3, 0.4) is 0 Å². The average molecular weight is 260 g/mol. The summed E-state index contributed by atoms with van der Waals surface area (Å²) in [6.07, 6.45) is 10.7. The highest BCUT2D eigenvalue weighted by molar-refractivity contribution is 6.09. The fourth-order valence-corrected chi connectivity index (χ4v) is 1.40. The van der Waals surface area contributed by atoms with Gasteiger partial charge in [0.05, 0.1) is 0 Å². The van der Waals surface area contributed by atoms with E-state index in [-0.39, 0.29) is 5.78 Å². The van der Waals surface area contributed by atoms with Crippen LogP contribution in [0.2, 0.25) is 0 Å². The zero-order chi connectivity index (χ0) is 15.3. The predicted molar refractivity (Wildman–Crippen MR) is 87.3 cm³/mol. The summed E-state index contributed by atoms with van der Waals surface area (Å²) in [5.41, 5.74) is 2.69. The van der Waals surface area contributed by atoms with Crippen molar-refractivity contribution in [3.05, 3.63) is 60.3 Å². The molecular formula is C18H28O. The Morgan fingerprint density at radius 2 is 1.74 bits per heavy atom. The van der Waals surface area contributed by atoms with Crippen LogP contribution in [-0.2, 0) is 4.79 Å². The smallest absolute Gasteiger partial charge is 0.188 e. The van der Waals surface area contributed by atoms with Gasteiger partial charge in [0.15, 0.2) is 5.78 Å². The Balaban J connectivity index is 0. The topological polar surface area (TPSA) is 17.1 Å². The molecule has 19 heavy (non-hydrogen) atoms. The number of Topliss-reactive ketones (excluding diaryl/α,β-unsaturated/α-hetero) is 1. The second-order valence-corrected chi connectivity index (χ2v) is 3.65. The van der Waals surface area contributed by atoms with E-state index in [1.54, 1.807) is 18.2 Å². The molecule has 0 spiro atoms. The first-order valence-electron chi connectivity index (χ1n) is 7.04. The van der Waals surface area contributed by atoms with E-state index in [0.717, 1.165) is 18.4 Å². The molecule has 0 aromatic heterocycles. The summed E-state index contributed by atoms with van der Waals surface area (Å²) in [6.45, 7) is 17.4. The zero-order valence-corrected chi connectivity index (χ0v) is 13.1. The number of carbonyl (C=O) groups excluding carboxylic acids is 1. The second kappa shape index (κ2) is 12.8. The number of carbonyl (C=O) groups is 1. The lowest BCUT2D eigenvalue weighted by Crippen LogP contribution is -2.06. The number of hydrogen-bond acceptors (Lipinski definition) is 1. The van der Waals surface area contributed by atoms with Gasteiger partial charge in [0.1, 0.15) is 0 Å². The van der Waals surface area contributed by atoms with Crippen LogP contribution in [0.15, 0.2) is 60.3 Å². The summed E-state index contributed by atoms with van der Waals surface area (Å²) < 4.78 is 0. The molecule has 0 radical (unpaired) electrons. The monoisotopic (exact) mass is 260 g/mol. The number of ketones is 1. The largest absolute Gasteiger partial charge is 0.289 e. The molecule has 0 N–H and O–H groups in total. The van der Waals surface area contributed by atoms with Gasteiger partial charge < -0.3 is 0 Å². The molecule has 1 nitrogen and oxygen atoms in total. The van der Waals surface area contributed by atoms with Gasteiger partial charge >= 0.3 is 0 Å². The standard InChI is InChI=1S/C14H16O.2C2H6/c1-4-5-6-12(3)14(15)13-9-7-11(2)8-10-13;2*1-2/h4-7,9H,1,3,8,10H2,2H3;2*1-2H3/b6-5-;;. The Morgan fingerprint density at radius 1 is 1.16 bits per heavy atom. The Hall–Kier alpha value is -1.63. The van der Waals surface area contributed by atoms with Crippen LogP contribution < -0.4 is 0 Å². The molecule has 0 unspecified atom stereocenters. The van der Waals surface area contributed by atoms with Crippen LogP contribution in [0.5, 0.6) is 0 Å². The first-order chi connectivity index (χ1) is 9.15. The Labute approximate surface area is 119 Å². The van der Waals surface area contributed by atoms with Crippen LogP contribution >= 0.6 is 0 Å². The van der Waals surface area contributed by atoms with Gasteiger partial charge in [0.25, 0.3) is 0 Å². The van der Waals surface area contributed by atoms with Gasteiger partial charge in [-0.25, -0.2) is 0 Å². The fraction of sp³-hybridized carbons (Fsp3) is 0.389. The van der Waals surface area contributed by atoms with Crippen molar-refractivity contribution >= 4 is 5.78 Å². The molecule has 106 valence electrons. The van der Waals surface area contributed by atoms with Crippen molar-refractivity contribution in [2.24, 2.45) is 0 Å². The molecule has 0 saturated carbocycles. The molecule has 1 heteroatoms. The maximum absolute atomic E-state index is 11.8. The Morgan fingerprint density at radius 3 is 2.16 bits per heavy atom. The molecule has 1 aliphatic rings. The summed E-state index contributed by atoms with van der Waals surface area (Å²) in [5, 5.41) is 0. The molecule has 0 bridgehead atoms. The molecule has 0 fully saturated rings. The van der Waals surface area contributed by atoms with E-state index in [0.29, 0.717) is 5.57 Å². The number of hydrogen-bond donors (Lipinski definition) is 0. The van der Waals surface area contributed by atoms with Crippen molar-refractivity contribution < 1.29 is 4.79 Å². The molecule has 0 saturated heterocycles. The highest BCUT2D eigenvalue weighted by atomic mass is 16.1. The van der Waals surface area contributed by atoms with E-state index in [9.17, 15) is 4.79 Å². The normalized spacial score (nSPS) is 13.1. The number of allylic oxidation sites excluding steroid dienone is 8. The molecule has 0 aliphatic heterocycles. The van der Waals surface area contributed by atoms with Crippen molar-refractivity contribution in [3.63, 3.8) is 0 Å². The summed E-state index contributed by atoms with van der Waals surface area (Å²) in [6, 6.07) is 0. The third-order valence-electron chi connectivity index (χ3n) is 2.37. The van der Waals surface area contributed by atoms with Crippen LogP contribution in [0.25, 0.3) is 0 Å². The van der Waals surface area contributed by atoms with Crippen molar-refractivity contribution in [1.29, 1.82) is 0 Å². The van der Waals surface area contributed by atoms with E-state index < -0.39 is 0 Å². The van der Waals surface area contributed by atoms with Gasteiger partial charge in [-0.1, -0.05) is 76.8 Å². The van der Waals surface area contributed by atoms with Crippen LogP contribution in [0.4, 0.5) is 0 Å². The first kappa shape index (κ1) is 19.7. The fourth-order valence-electron chi connectivity index (χ4n) is 1.40. The molecule has 0 atom stereocenters. The van der Waals surface area contributed by atoms with E-state index in [4.69, 9.17) is 0 Å². The third kappa shape index (κ3) is 8.15. The molecule has 0 aromatic carbocycles. The summed E-state index contributed by atoms with van der Waals surface area (Å²) in [5.74, 6) is 0.0388. The predicted octanol–water partition coefficient (Wildman–Crippen LogP) is 5.57. The van der Waals surface area contributed by atoms with Crippen molar-refractivity contribution in [1.82, 2.24) is 0 Å². The maximum atomic E-state index is 11.8. The lowest BCUT2D eigenvalue weighted by molar-refractivity contribution is -0.112. The molecular weight excluding hydrogens is 232 g/mol. The van der Waals surface area contributed by atoms with Crippen molar-refractivity contribution in [3.8, 4) is 0 Å². The molecule has 0 amide bonds. The Bertz CT molecular complexity index is 378. The third-order valence-corrected chi connectivity index (χ3v) is 2.37. The zero-order valence-electron chi connectivity index (χ0n) is 13.1. The number of rotatable bonds is 4. The van der Waals surface area contributed by atoms with Crippen LogP contribution in [0.1, 0.15) is 47.5 Å². The molecule has 1 aliphatic carbocycles. The maximum Gasteiger partial charge on any atom is 0.188 e.